The van der Waals surface area contributed by atoms with Crippen LogP contribution in [0.15, 0.2) is 36.7 Å². The molecule has 0 unspecified atom stereocenters. The largest absolute Gasteiger partial charge is 0.497 e. The highest BCUT2D eigenvalue weighted by molar-refractivity contribution is 5.63. The summed E-state index contributed by atoms with van der Waals surface area (Å²) in [4.78, 5) is 11.2. The molecule has 0 spiro atoms. The van der Waals surface area contributed by atoms with Crippen molar-refractivity contribution in [3.05, 3.63) is 36.7 Å². The van der Waals surface area contributed by atoms with Crippen LogP contribution in [-0.2, 0) is 0 Å². The Kier molecular flexibility index (Phi) is 4.01. The number of nitrogens with zero attached hydrogens (tertiary/aromatic N) is 3. The topological polar surface area (TPSA) is 64.3 Å². The predicted molar refractivity (Wildman–Crippen MR) is 83.4 cm³/mol. The minimum Gasteiger partial charge on any atom is -0.497 e. The number of ether oxygens (including phenoxy) is 1. The van der Waals surface area contributed by atoms with Gasteiger partial charge in [0, 0.05) is 37.1 Å². The van der Waals surface area contributed by atoms with Crippen molar-refractivity contribution in [3.8, 4) is 16.9 Å². The smallest absolute Gasteiger partial charge is 0.225 e. The lowest BCUT2D eigenvalue weighted by Crippen LogP contribution is -2.40. The first-order valence-electron chi connectivity index (χ1n) is 7.23. The summed E-state index contributed by atoms with van der Waals surface area (Å²) in [6.45, 7) is 1.86. The van der Waals surface area contributed by atoms with Crippen LogP contribution in [0, 0.1) is 0 Å². The Hall–Kier alpha value is -2.14. The average Bonchev–Trinajstić information content (AvgIpc) is 2.56. The van der Waals surface area contributed by atoms with Crippen LogP contribution in [0.4, 0.5) is 5.95 Å². The number of anilines is 1. The van der Waals surface area contributed by atoms with Crippen molar-refractivity contribution in [2.24, 2.45) is 5.73 Å². The lowest BCUT2D eigenvalue weighted by molar-refractivity contribution is 0.415. The van der Waals surface area contributed by atoms with E-state index in [2.05, 4.69) is 14.9 Å². The van der Waals surface area contributed by atoms with Gasteiger partial charge in [-0.05, 0) is 30.5 Å². The lowest BCUT2D eigenvalue weighted by atomic mass is 10.1. The number of rotatable bonds is 3. The van der Waals surface area contributed by atoms with Gasteiger partial charge in [0.25, 0.3) is 0 Å². The Labute approximate surface area is 124 Å². The summed E-state index contributed by atoms with van der Waals surface area (Å²) in [5.41, 5.74) is 7.97. The Morgan fingerprint density at radius 2 is 1.86 bits per heavy atom. The quantitative estimate of drug-likeness (QED) is 0.935. The van der Waals surface area contributed by atoms with Gasteiger partial charge in [-0.25, -0.2) is 9.97 Å². The summed E-state index contributed by atoms with van der Waals surface area (Å²) < 4.78 is 5.24. The predicted octanol–water partition coefficient (Wildman–Crippen LogP) is 2.08. The molecule has 1 aromatic carbocycles. The average molecular weight is 284 g/mol. The lowest BCUT2D eigenvalue weighted by Gasteiger charge is -2.30. The Bertz CT molecular complexity index is 591. The van der Waals surface area contributed by atoms with Crippen LogP contribution in [0.2, 0.25) is 0 Å². The van der Waals surface area contributed by atoms with Crippen molar-refractivity contribution in [1.82, 2.24) is 9.97 Å². The number of piperidine rings is 1. The zero-order chi connectivity index (χ0) is 14.7. The third-order valence-corrected chi connectivity index (χ3v) is 3.86. The zero-order valence-electron chi connectivity index (χ0n) is 12.2. The standard InChI is InChI=1S/C16H20N4O/c1-21-15-4-2-3-12(9-15)13-10-18-16(19-11-13)20-7-5-14(17)6-8-20/h2-4,9-11,14H,5-8,17H2,1H3. The van der Waals surface area contributed by atoms with Gasteiger partial charge in [-0.2, -0.15) is 0 Å². The Morgan fingerprint density at radius 1 is 1.14 bits per heavy atom. The third-order valence-electron chi connectivity index (χ3n) is 3.86. The molecule has 3 rings (SSSR count). The maximum atomic E-state index is 5.92. The van der Waals surface area contributed by atoms with Crippen LogP contribution in [0.1, 0.15) is 12.8 Å². The summed E-state index contributed by atoms with van der Waals surface area (Å²) in [6.07, 6.45) is 5.74. The highest BCUT2D eigenvalue weighted by Gasteiger charge is 2.18. The van der Waals surface area contributed by atoms with E-state index in [-0.39, 0.29) is 0 Å². The summed E-state index contributed by atoms with van der Waals surface area (Å²) in [5, 5.41) is 0. The molecule has 5 heteroatoms. The Balaban J connectivity index is 1.77. The number of methoxy groups -OCH3 is 1. The molecule has 0 amide bonds. The van der Waals surface area contributed by atoms with Crippen molar-refractivity contribution >= 4 is 5.95 Å². The molecule has 0 radical (unpaired) electrons. The maximum absolute atomic E-state index is 5.92. The molecule has 2 heterocycles. The first-order chi connectivity index (χ1) is 10.3. The molecule has 1 fully saturated rings. The van der Waals surface area contributed by atoms with E-state index in [1.54, 1.807) is 7.11 Å². The maximum Gasteiger partial charge on any atom is 0.225 e. The minimum atomic E-state index is 0.317. The highest BCUT2D eigenvalue weighted by atomic mass is 16.5. The molecule has 2 N–H and O–H groups in total. The van der Waals surface area contributed by atoms with Gasteiger partial charge in [0.15, 0.2) is 0 Å². The van der Waals surface area contributed by atoms with Gasteiger partial charge in [-0.15, -0.1) is 0 Å². The van der Waals surface area contributed by atoms with Gasteiger partial charge in [-0.3, -0.25) is 0 Å². The molecule has 2 aromatic rings. The van der Waals surface area contributed by atoms with Gasteiger partial charge in [0.2, 0.25) is 5.95 Å². The molecule has 110 valence electrons. The van der Waals surface area contributed by atoms with E-state index in [1.165, 1.54) is 0 Å². The van der Waals surface area contributed by atoms with Gasteiger partial charge in [0.05, 0.1) is 7.11 Å². The number of hydrogen-bond donors (Lipinski definition) is 1. The van der Waals surface area contributed by atoms with Crippen LogP contribution in [0.5, 0.6) is 5.75 Å². The normalized spacial score (nSPS) is 16.0. The van der Waals surface area contributed by atoms with E-state index in [9.17, 15) is 0 Å². The number of benzene rings is 1. The van der Waals surface area contributed by atoms with Gasteiger partial charge in [0.1, 0.15) is 5.75 Å². The Morgan fingerprint density at radius 3 is 2.52 bits per heavy atom. The second-order valence-corrected chi connectivity index (χ2v) is 5.33. The molecule has 0 bridgehead atoms. The van der Waals surface area contributed by atoms with Crippen LogP contribution in [0.25, 0.3) is 11.1 Å². The van der Waals surface area contributed by atoms with Crippen LogP contribution >= 0.6 is 0 Å². The molecule has 0 atom stereocenters. The second kappa shape index (κ2) is 6.10. The van der Waals surface area contributed by atoms with E-state index in [1.807, 2.05) is 36.7 Å². The molecule has 0 aliphatic carbocycles. The fourth-order valence-corrected chi connectivity index (χ4v) is 2.54. The van der Waals surface area contributed by atoms with E-state index in [0.29, 0.717) is 6.04 Å². The van der Waals surface area contributed by atoms with Crippen LogP contribution < -0.4 is 15.4 Å². The minimum absolute atomic E-state index is 0.317. The number of nitrogens with two attached hydrogens (primary N) is 1. The van der Waals surface area contributed by atoms with Crippen molar-refractivity contribution in [1.29, 1.82) is 0 Å². The SMILES string of the molecule is COc1cccc(-c2cnc(N3CCC(N)CC3)nc2)c1. The van der Waals surface area contributed by atoms with Gasteiger partial charge < -0.3 is 15.4 Å². The van der Waals surface area contributed by atoms with Crippen molar-refractivity contribution < 1.29 is 4.74 Å². The number of hydrogen-bond acceptors (Lipinski definition) is 5. The summed E-state index contributed by atoms with van der Waals surface area (Å²) in [6, 6.07) is 8.22. The first kappa shape index (κ1) is 13.8. The molecule has 21 heavy (non-hydrogen) atoms. The van der Waals surface area contributed by atoms with E-state index >= 15 is 0 Å². The summed E-state index contributed by atoms with van der Waals surface area (Å²) in [7, 11) is 1.67. The summed E-state index contributed by atoms with van der Waals surface area (Å²) in [5.74, 6) is 1.62. The van der Waals surface area contributed by atoms with Crippen molar-refractivity contribution in [3.63, 3.8) is 0 Å². The van der Waals surface area contributed by atoms with Crippen molar-refractivity contribution in [2.45, 2.75) is 18.9 Å². The molecule has 0 saturated carbocycles. The van der Waals surface area contributed by atoms with Gasteiger partial charge in [-0.1, -0.05) is 12.1 Å². The van der Waals surface area contributed by atoms with E-state index in [0.717, 1.165) is 48.8 Å². The van der Waals surface area contributed by atoms with Crippen LogP contribution in [0.3, 0.4) is 0 Å². The van der Waals surface area contributed by atoms with E-state index < -0.39 is 0 Å². The highest BCUT2D eigenvalue weighted by Crippen LogP contribution is 2.24. The zero-order valence-corrected chi connectivity index (χ0v) is 12.2. The molecule has 1 aromatic heterocycles. The van der Waals surface area contributed by atoms with Crippen molar-refractivity contribution in [2.75, 3.05) is 25.1 Å². The van der Waals surface area contributed by atoms with E-state index in [4.69, 9.17) is 10.5 Å². The molecule has 5 nitrogen and oxygen atoms in total. The molecule has 1 aliphatic heterocycles. The third kappa shape index (κ3) is 3.13. The second-order valence-electron chi connectivity index (χ2n) is 5.33. The molecular formula is C16H20N4O. The fourth-order valence-electron chi connectivity index (χ4n) is 2.54. The molecule has 1 saturated heterocycles. The molecule has 1 aliphatic rings. The molecular weight excluding hydrogens is 264 g/mol. The fraction of sp³-hybridized carbons (Fsp3) is 0.375. The first-order valence-corrected chi connectivity index (χ1v) is 7.23. The monoisotopic (exact) mass is 284 g/mol. The number of aromatic nitrogens is 2. The van der Waals surface area contributed by atoms with Gasteiger partial charge >= 0.3 is 0 Å². The van der Waals surface area contributed by atoms with Crippen LogP contribution in [-0.4, -0.2) is 36.2 Å². The summed E-state index contributed by atoms with van der Waals surface area (Å²) >= 11 is 0.